The topological polar surface area (TPSA) is 37.3 Å². The van der Waals surface area contributed by atoms with Crippen molar-refractivity contribution in [2.45, 2.75) is 17.7 Å². The van der Waals surface area contributed by atoms with Crippen molar-refractivity contribution in [1.29, 1.82) is 0 Å². The first-order chi connectivity index (χ1) is 6.24. The van der Waals surface area contributed by atoms with Crippen molar-refractivity contribution in [2.75, 3.05) is 6.67 Å². The molecule has 0 radical (unpaired) electrons. The van der Waals surface area contributed by atoms with Gasteiger partial charge in [-0.05, 0) is 30.5 Å². The molecule has 13 heavy (non-hydrogen) atoms. The summed E-state index contributed by atoms with van der Waals surface area (Å²) in [5.74, 6) is 0. The van der Waals surface area contributed by atoms with Crippen LogP contribution in [0.15, 0.2) is 29.2 Å². The Morgan fingerprint density at radius 1 is 1.31 bits per heavy atom. The molecule has 0 spiro atoms. The average Bonchev–Trinajstić information content (AvgIpc) is 2.15. The Hall–Kier alpha value is -0.740. The van der Waals surface area contributed by atoms with E-state index < -0.39 is 11.1 Å². The van der Waals surface area contributed by atoms with Crippen LogP contribution in [0, 0.1) is 0 Å². The molecule has 0 amide bonds. The number of alkyl halides is 1. The number of halogens is 1. The molecule has 0 aromatic heterocycles. The Morgan fingerprint density at radius 3 is 2.38 bits per heavy atom. The molecule has 0 aliphatic rings. The van der Waals surface area contributed by atoms with Gasteiger partial charge in [0.1, 0.15) is 0 Å². The van der Waals surface area contributed by atoms with Crippen LogP contribution in [-0.2, 0) is 17.5 Å². The van der Waals surface area contributed by atoms with Crippen molar-refractivity contribution in [2.24, 2.45) is 0 Å². The molecular formula is C9H11FO2S. The molecule has 0 saturated heterocycles. The maximum Gasteiger partial charge on any atom is 0.186 e. The second-order valence-corrected chi connectivity index (χ2v) is 3.66. The zero-order valence-electron chi connectivity index (χ0n) is 7.07. The van der Waals surface area contributed by atoms with Crippen molar-refractivity contribution in [3.05, 3.63) is 29.8 Å². The van der Waals surface area contributed by atoms with E-state index >= 15 is 0 Å². The van der Waals surface area contributed by atoms with Crippen molar-refractivity contribution in [3.63, 3.8) is 0 Å². The predicted molar refractivity (Wildman–Crippen MR) is 49.8 cm³/mol. The predicted octanol–water partition coefficient (Wildman–Crippen LogP) is 2.17. The lowest BCUT2D eigenvalue weighted by Crippen LogP contribution is -1.90. The van der Waals surface area contributed by atoms with Gasteiger partial charge in [-0.2, -0.15) is 0 Å². The minimum Gasteiger partial charge on any atom is -0.302 e. The zero-order chi connectivity index (χ0) is 9.68. The van der Waals surface area contributed by atoms with E-state index in [4.69, 9.17) is 4.55 Å². The normalized spacial score (nSPS) is 12.8. The van der Waals surface area contributed by atoms with Gasteiger partial charge in [-0.25, -0.2) is 4.21 Å². The molecule has 1 rings (SSSR count). The molecule has 1 N–H and O–H groups in total. The van der Waals surface area contributed by atoms with Crippen LogP contribution in [-0.4, -0.2) is 15.4 Å². The number of benzene rings is 1. The van der Waals surface area contributed by atoms with Gasteiger partial charge in [-0.1, -0.05) is 12.1 Å². The van der Waals surface area contributed by atoms with Gasteiger partial charge in [0.25, 0.3) is 0 Å². The summed E-state index contributed by atoms with van der Waals surface area (Å²) >= 11 is -1.92. The average molecular weight is 202 g/mol. The fourth-order valence-electron chi connectivity index (χ4n) is 1.04. The standard InChI is InChI=1S/C9H11FO2S/c10-7-1-2-8-3-5-9(6-4-8)13(11)12/h3-6H,1-2,7H2,(H,11,12). The first kappa shape index (κ1) is 10.3. The summed E-state index contributed by atoms with van der Waals surface area (Å²) in [6.07, 6.45) is 1.18. The molecule has 1 atom stereocenters. The van der Waals surface area contributed by atoms with E-state index in [1.54, 1.807) is 24.3 Å². The van der Waals surface area contributed by atoms with Crippen molar-refractivity contribution < 1.29 is 13.2 Å². The van der Waals surface area contributed by atoms with E-state index in [0.717, 1.165) is 5.56 Å². The van der Waals surface area contributed by atoms with E-state index in [0.29, 0.717) is 17.7 Å². The minimum absolute atomic E-state index is 0.326. The van der Waals surface area contributed by atoms with Gasteiger partial charge < -0.3 is 4.55 Å². The van der Waals surface area contributed by atoms with E-state index in [1.165, 1.54) is 0 Å². The van der Waals surface area contributed by atoms with Crippen LogP contribution in [0.25, 0.3) is 0 Å². The Balaban J connectivity index is 2.64. The molecule has 0 bridgehead atoms. The third-order valence-corrected chi connectivity index (χ3v) is 2.40. The highest BCUT2D eigenvalue weighted by atomic mass is 32.2. The van der Waals surface area contributed by atoms with Gasteiger partial charge in [0.2, 0.25) is 0 Å². The molecule has 1 unspecified atom stereocenters. The summed E-state index contributed by atoms with van der Waals surface area (Å²) in [6, 6.07) is 6.67. The Labute approximate surface area is 79.1 Å². The van der Waals surface area contributed by atoms with Crippen molar-refractivity contribution in [3.8, 4) is 0 Å². The number of hydrogen-bond donors (Lipinski definition) is 1. The maximum atomic E-state index is 11.8. The highest BCUT2D eigenvalue weighted by Gasteiger charge is 1.98. The van der Waals surface area contributed by atoms with Crippen LogP contribution in [0.3, 0.4) is 0 Å². The second-order valence-electron chi connectivity index (χ2n) is 2.69. The number of rotatable bonds is 4. The summed E-state index contributed by atoms with van der Waals surface area (Å²) < 4.78 is 31.1. The molecule has 72 valence electrons. The molecule has 0 fully saturated rings. The molecule has 4 heteroatoms. The minimum atomic E-state index is -1.92. The first-order valence-corrected chi connectivity index (χ1v) is 5.10. The van der Waals surface area contributed by atoms with Gasteiger partial charge in [-0.15, -0.1) is 0 Å². The lowest BCUT2D eigenvalue weighted by molar-refractivity contribution is 0.473. The third kappa shape index (κ3) is 3.24. The summed E-state index contributed by atoms with van der Waals surface area (Å²) in [4.78, 5) is 0.379. The van der Waals surface area contributed by atoms with E-state index in [-0.39, 0.29) is 6.67 Å². The van der Waals surface area contributed by atoms with Crippen LogP contribution in [0.1, 0.15) is 12.0 Å². The molecule has 0 aliphatic carbocycles. The van der Waals surface area contributed by atoms with Gasteiger partial charge >= 0.3 is 0 Å². The van der Waals surface area contributed by atoms with Crippen LogP contribution < -0.4 is 0 Å². The van der Waals surface area contributed by atoms with Gasteiger partial charge in [0, 0.05) is 0 Å². The lowest BCUT2D eigenvalue weighted by atomic mass is 10.1. The van der Waals surface area contributed by atoms with Gasteiger partial charge in [-0.3, -0.25) is 4.39 Å². The van der Waals surface area contributed by atoms with Gasteiger partial charge in [0.15, 0.2) is 11.1 Å². The summed E-state index contributed by atoms with van der Waals surface area (Å²) in [6.45, 7) is -0.326. The van der Waals surface area contributed by atoms with Crippen LogP contribution in [0.5, 0.6) is 0 Å². The summed E-state index contributed by atoms with van der Waals surface area (Å²) in [7, 11) is 0. The Bertz CT molecular complexity index is 284. The Morgan fingerprint density at radius 2 is 1.92 bits per heavy atom. The van der Waals surface area contributed by atoms with E-state index in [1.807, 2.05) is 0 Å². The largest absolute Gasteiger partial charge is 0.302 e. The SMILES string of the molecule is O=S(O)c1ccc(CCCF)cc1. The first-order valence-electron chi connectivity index (χ1n) is 4.00. The highest BCUT2D eigenvalue weighted by Crippen LogP contribution is 2.09. The molecule has 1 aromatic rings. The lowest BCUT2D eigenvalue weighted by Gasteiger charge is -1.99. The third-order valence-electron chi connectivity index (χ3n) is 1.72. The van der Waals surface area contributed by atoms with Crippen LogP contribution in [0.2, 0.25) is 0 Å². The maximum absolute atomic E-state index is 11.8. The zero-order valence-corrected chi connectivity index (χ0v) is 7.89. The van der Waals surface area contributed by atoms with Crippen molar-refractivity contribution >= 4 is 11.1 Å². The summed E-state index contributed by atoms with van der Waals surface area (Å²) in [5.41, 5.74) is 0.992. The molecule has 2 nitrogen and oxygen atoms in total. The fourth-order valence-corrected chi connectivity index (χ4v) is 1.41. The fraction of sp³-hybridized carbons (Fsp3) is 0.333. The summed E-state index contributed by atoms with van der Waals surface area (Å²) in [5, 5.41) is 0. The van der Waals surface area contributed by atoms with Crippen LogP contribution in [0.4, 0.5) is 4.39 Å². The Kier molecular flexibility index (Phi) is 4.05. The molecular weight excluding hydrogens is 191 g/mol. The molecule has 0 heterocycles. The van der Waals surface area contributed by atoms with Crippen LogP contribution >= 0.6 is 0 Å². The monoisotopic (exact) mass is 202 g/mol. The smallest absolute Gasteiger partial charge is 0.186 e. The van der Waals surface area contributed by atoms with E-state index in [9.17, 15) is 8.60 Å². The van der Waals surface area contributed by atoms with Gasteiger partial charge in [0.05, 0.1) is 11.6 Å². The molecule has 0 aliphatic heterocycles. The molecule has 1 aromatic carbocycles. The number of hydrogen-bond acceptors (Lipinski definition) is 1. The molecule has 0 saturated carbocycles. The number of aryl methyl sites for hydroxylation is 1. The second kappa shape index (κ2) is 5.09. The quantitative estimate of drug-likeness (QED) is 0.760. The van der Waals surface area contributed by atoms with Crippen molar-refractivity contribution in [1.82, 2.24) is 0 Å². The van der Waals surface area contributed by atoms with E-state index in [2.05, 4.69) is 0 Å². The highest BCUT2D eigenvalue weighted by molar-refractivity contribution is 7.79.